The van der Waals surface area contributed by atoms with Crippen LogP contribution in [-0.4, -0.2) is 5.16 Å². The molecular weight excluding hydrogens is 202 g/mol. The molecule has 3 heteroatoms. The van der Waals surface area contributed by atoms with E-state index in [0.717, 1.165) is 28.3 Å². The minimum absolute atomic E-state index is 0.506. The topological polar surface area (TPSA) is 35.3 Å². The maximum Gasteiger partial charge on any atom is 0.140 e. The summed E-state index contributed by atoms with van der Waals surface area (Å²) in [4.78, 5) is 0. The molecule has 0 saturated carbocycles. The van der Waals surface area contributed by atoms with Gasteiger partial charge in [-0.25, -0.2) is 0 Å². The number of ether oxygens (including phenoxy) is 1. The third-order valence-corrected chi connectivity index (χ3v) is 2.65. The van der Waals surface area contributed by atoms with E-state index in [-0.39, 0.29) is 0 Å². The first-order chi connectivity index (χ1) is 7.68. The molecule has 84 valence electrons. The van der Waals surface area contributed by atoms with Crippen LogP contribution in [0.1, 0.15) is 22.6 Å². The molecule has 0 amide bonds. The van der Waals surface area contributed by atoms with E-state index in [1.54, 1.807) is 0 Å². The molecule has 0 aliphatic rings. The molecule has 0 bridgehead atoms. The van der Waals surface area contributed by atoms with Crippen LogP contribution in [0.5, 0.6) is 5.75 Å². The zero-order valence-corrected chi connectivity index (χ0v) is 9.78. The van der Waals surface area contributed by atoms with E-state index in [4.69, 9.17) is 9.26 Å². The highest BCUT2D eigenvalue weighted by molar-refractivity contribution is 5.32. The van der Waals surface area contributed by atoms with Crippen LogP contribution >= 0.6 is 0 Å². The maximum atomic E-state index is 5.74. The van der Waals surface area contributed by atoms with E-state index >= 15 is 0 Å². The van der Waals surface area contributed by atoms with Gasteiger partial charge in [-0.1, -0.05) is 23.4 Å². The number of hydrogen-bond donors (Lipinski definition) is 0. The zero-order chi connectivity index (χ0) is 11.5. The summed E-state index contributed by atoms with van der Waals surface area (Å²) >= 11 is 0. The molecule has 0 fully saturated rings. The summed E-state index contributed by atoms with van der Waals surface area (Å²) in [6.45, 7) is 6.36. The molecule has 0 radical (unpaired) electrons. The van der Waals surface area contributed by atoms with Crippen molar-refractivity contribution in [1.82, 2.24) is 5.16 Å². The van der Waals surface area contributed by atoms with Gasteiger partial charge in [-0.3, -0.25) is 0 Å². The van der Waals surface area contributed by atoms with Crippen molar-refractivity contribution in [2.75, 3.05) is 0 Å². The second kappa shape index (κ2) is 4.39. The number of aromatic nitrogens is 1. The molecule has 16 heavy (non-hydrogen) atoms. The van der Waals surface area contributed by atoms with Crippen molar-refractivity contribution in [1.29, 1.82) is 0 Å². The number of hydrogen-bond acceptors (Lipinski definition) is 3. The fraction of sp³-hybridized carbons (Fsp3) is 0.308. The molecular formula is C13H15NO2. The summed E-state index contributed by atoms with van der Waals surface area (Å²) in [5, 5.41) is 3.90. The molecule has 0 N–H and O–H groups in total. The van der Waals surface area contributed by atoms with Crippen LogP contribution in [0.3, 0.4) is 0 Å². The molecule has 0 aliphatic heterocycles. The fourth-order valence-electron chi connectivity index (χ4n) is 1.58. The van der Waals surface area contributed by atoms with Gasteiger partial charge in [0.25, 0.3) is 0 Å². The lowest BCUT2D eigenvalue weighted by Crippen LogP contribution is -1.98. The highest BCUT2D eigenvalue weighted by Crippen LogP contribution is 2.20. The molecule has 1 heterocycles. The van der Waals surface area contributed by atoms with E-state index in [1.165, 1.54) is 0 Å². The number of nitrogens with zero attached hydrogens (tertiary/aromatic N) is 1. The maximum absolute atomic E-state index is 5.74. The Balaban J connectivity index is 2.11. The lowest BCUT2D eigenvalue weighted by molar-refractivity contribution is 0.299. The van der Waals surface area contributed by atoms with Gasteiger partial charge in [0.1, 0.15) is 18.1 Å². The van der Waals surface area contributed by atoms with Crippen molar-refractivity contribution in [3.63, 3.8) is 0 Å². The average Bonchev–Trinajstić information content (AvgIpc) is 2.58. The normalized spacial score (nSPS) is 10.4. The summed E-state index contributed by atoms with van der Waals surface area (Å²) in [7, 11) is 0. The Labute approximate surface area is 95.0 Å². The molecule has 0 saturated heterocycles. The van der Waals surface area contributed by atoms with E-state index < -0.39 is 0 Å². The van der Waals surface area contributed by atoms with Crippen LogP contribution < -0.4 is 4.74 Å². The largest absolute Gasteiger partial charge is 0.488 e. The van der Waals surface area contributed by atoms with Crippen LogP contribution in [0.25, 0.3) is 0 Å². The van der Waals surface area contributed by atoms with Gasteiger partial charge in [-0.15, -0.1) is 0 Å². The van der Waals surface area contributed by atoms with Crippen molar-refractivity contribution < 1.29 is 9.26 Å². The van der Waals surface area contributed by atoms with Crippen molar-refractivity contribution in [3.05, 3.63) is 46.8 Å². The van der Waals surface area contributed by atoms with Gasteiger partial charge in [0.2, 0.25) is 0 Å². The molecule has 2 rings (SSSR count). The molecule has 0 atom stereocenters. The Morgan fingerprint density at radius 2 is 1.94 bits per heavy atom. The van der Waals surface area contributed by atoms with Gasteiger partial charge >= 0.3 is 0 Å². The van der Waals surface area contributed by atoms with Gasteiger partial charge in [-0.05, 0) is 32.4 Å². The van der Waals surface area contributed by atoms with Gasteiger partial charge in [0, 0.05) is 0 Å². The summed E-state index contributed by atoms with van der Waals surface area (Å²) in [6.07, 6.45) is 0. The van der Waals surface area contributed by atoms with E-state index in [1.807, 2.05) is 45.0 Å². The number of rotatable bonds is 3. The quantitative estimate of drug-likeness (QED) is 0.792. The average molecular weight is 217 g/mol. The van der Waals surface area contributed by atoms with Crippen molar-refractivity contribution >= 4 is 0 Å². The monoisotopic (exact) mass is 217 g/mol. The summed E-state index contributed by atoms with van der Waals surface area (Å²) in [5.74, 6) is 1.73. The van der Waals surface area contributed by atoms with Crippen molar-refractivity contribution in [3.8, 4) is 5.75 Å². The molecule has 1 aromatic heterocycles. The van der Waals surface area contributed by atoms with Crippen LogP contribution in [0.15, 0.2) is 28.8 Å². The predicted molar refractivity (Wildman–Crippen MR) is 61.5 cm³/mol. The van der Waals surface area contributed by atoms with Crippen LogP contribution in [0.2, 0.25) is 0 Å². The third-order valence-electron chi connectivity index (χ3n) is 2.65. The smallest absolute Gasteiger partial charge is 0.140 e. The van der Waals surface area contributed by atoms with Gasteiger partial charge < -0.3 is 9.26 Å². The first-order valence-electron chi connectivity index (χ1n) is 5.28. The van der Waals surface area contributed by atoms with Crippen molar-refractivity contribution in [2.45, 2.75) is 27.4 Å². The summed E-state index contributed by atoms with van der Waals surface area (Å²) < 4.78 is 10.8. The Bertz CT molecular complexity index is 469. The molecule has 0 spiro atoms. The standard InChI is InChI=1S/C13H15NO2/c1-9-6-4-5-7-13(9)15-8-12-10(2)14-16-11(12)3/h4-7H,8H2,1-3H3. The zero-order valence-electron chi connectivity index (χ0n) is 9.78. The first kappa shape index (κ1) is 10.7. The van der Waals surface area contributed by atoms with Gasteiger partial charge in [0.05, 0.1) is 11.3 Å². The molecule has 3 nitrogen and oxygen atoms in total. The van der Waals surface area contributed by atoms with E-state index in [0.29, 0.717) is 6.61 Å². The Morgan fingerprint density at radius 3 is 2.56 bits per heavy atom. The van der Waals surface area contributed by atoms with Gasteiger partial charge in [-0.2, -0.15) is 0 Å². The lowest BCUT2D eigenvalue weighted by Gasteiger charge is -2.08. The molecule has 2 aromatic rings. The third kappa shape index (κ3) is 2.08. The Morgan fingerprint density at radius 1 is 1.19 bits per heavy atom. The second-order valence-corrected chi connectivity index (χ2v) is 3.86. The number of para-hydroxylation sites is 1. The second-order valence-electron chi connectivity index (χ2n) is 3.86. The van der Waals surface area contributed by atoms with E-state index in [9.17, 15) is 0 Å². The lowest BCUT2D eigenvalue weighted by atomic mass is 10.2. The SMILES string of the molecule is Cc1ccccc1OCc1c(C)noc1C. The Kier molecular flexibility index (Phi) is 2.95. The van der Waals surface area contributed by atoms with Crippen LogP contribution in [0, 0.1) is 20.8 Å². The number of benzene rings is 1. The highest BCUT2D eigenvalue weighted by Gasteiger charge is 2.09. The minimum atomic E-state index is 0.506. The van der Waals surface area contributed by atoms with Crippen molar-refractivity contribution in [2.24, 2.45) is 0 Å². The van der Waals surface area contributed by atoms with E-state index in [2.05, 4.69) is 5.16 Å². The minimum Gasteiger partial charge on any atom is -0.488 e. The molecule has 1 aromatic carbocycles. The summed E-state index contributed by atoms with van der Waals surface area (Å²) in [5.41, 5.74) is 3.06. The fourth-order valence-corrected chi connectivity index (χ4v) is 1.58. The highest BCUT2D eigenvalue weighted by atomic mass is 16.5. The van der Waals surface area contributed by atoms with Gasteiger partial charge in [0.15, 0.2) is 0 Å². The van der Waals surface area contributed by atoms with Crippen LogP contribution in [-0.2, 0) is 6.61 Å². The van der Waals surface area contributed by atoms with Crippen LogP contribution in [0.4, 0.5) is 0 Å². The molecule has 0 aliphatic carbocycles. The predicted octanol–water partition coefficient (Wildman–Crippen LogP) is 3.18. The molecule has 0 unspecified atom stereocenters. The first-order valence-corrected chi connectivity index (χ1v) is 5.28. The summed E-state index contributed by atoms with van der Waals surface area (Å²) in [6, 6.07) is 7.96. The Hall–Kier alpha value is -1.77. The number of aryl methyl sites for hydroxylation is 3.